The Morgan fingerprint density at radius 1 is 1.43 bits per heavy atom. The lowest BCUT2D eigenvalue weighted by Gasteiger charge is -2.02. The van der Waals surface area contributed by atoms with E-state index < -0.39 is 12.3 Å². The molecule has 0 aliphatic heterocycles. The molecule has 1 aromatic carbocycles. The highest BCUT2D eigenvalue weighted by molar-refractivity contribution is 5.87. The summed E-state index contributed by atoms with van der Waals surface area (Å²) in [6, 6.07) is 9.38. The van der Waals surface area contributed by atoms with Gasteiger partial charge in [-0.2, -0.15) is 0 Å². The molecule has 1 unspecified atom stereocenters. The summed E-state index contributed by atoms with van der Waals surface area (Å²) in [5, 5.41) is 8.74. The summed E-state index contributed by atoms with van der Waals surface area (Å²) in [7, 11) is 0. The minimum Gasteiger partial charge on any atom is -0.433 e. The van der Waals surface area contributed by atoms with Crippen LogP contribution in [0.2, 0.25) is 0 Å². The minimum atomic E-state index is -1.07. The van der Waals surface area contributed by atoms with Gasteiger partial charge in [0.15, 0.2) is 6.29 Å². The molecule has 3 nitrogen and oxygen atoms in total. The van der Waals surface area contributed by atoms with Crippen LogP contribution in [-0.2, 0) is 9.53 Å². The van der Waals surface area contributed by atoms with Crippen molar-refractivity contribution in [3.05, 3.63) is 42.0 Å². The lowest BCUT2D eigenvalue weighted by atomic mass is 10.2. The summed E-state index contributed by atoms with van der Waals surface area (Å²) < 4.78 is 4.50. The SMILES string of the molecule is CC(O)OC(=O)C=Cc1ccccc1. The van der Waals surface area contributed by atoms with Crippen LogP contribution < -0.4 is 0 Å². The maximum atomic E-state index is 11.0. The predicted molar refractivity (Wildman–Crippen MR) is 53.2 cm³/mol. The highest BCUT2D eigenvalue weighted by Gasteiger charge is 2.00. The topological polar surface area (TPSA) is 46.5 Å². The fourth-order valence-corrected chi connectivity index (χ4v) is 0.936. The van der Waals surface area contributed by atoms with Crippen LogP contribution in [0.3, 0.4) is 0 Å². The molecular formula is C11H12O3. The maximum absolute atomic E-state index is 11.0. The van der Waals surface area contributed by atoms with Crippen LogP contribution in [0.5, 0.6) is 0 Å². The van der Waals surface area contributed by atoms with Crippen LogP contribution in [0.25, 0.3) is 6.08 Å². The number of carbonyl (C=O) groups excluding carboxylic acids is 1. The largest absolute Gasteiger partial charge is 0.433 e. The van der Waals surface area contributed by atoms with Crippen LogP contribution >= 0.6 is 0 Å². The number of hydrogen-bond donors (Lipinski definition) is 1. The molecule has 0 heterocycles. The fourth-order valence-electron chi connectivity index (χ4n) is 0.936. The average molecular weight is 192 g/mol. The number of benzene rings is 1. The Morgan fingerprint density at radius 2 is 2.07 bits per heavy atom. The quantitative estimate of drug-likeness (QED) is 0.449. The standard InChI is InChI=1S/C11H12O3/c1-9(12)14-11(13)8-7-10-5-3-2-4-6-10/h2-9,12H,1H3. The molecule has 1 aromatic rings. The molecule has 0 spiro atoms. The molecule has 0 amide bonds. The second kappa shape index (κ2) is 5.19. The van der Waals surface area contributed by atoms with Crippen molar-refractivity contribution in [1.82, 2.24) is 0 Å². The van der Waals surface area contributed by atoms with Gasteiger partial charge < -0.3 is 9.84 Å². The Hall–Kier alpha value is -1.61. The normalized spacial score (nSPS) is 12.7. The fraction of sp³-hybridized carbons (Fsp3) is 0.182. The summed E-state index contributed by atoms with van der Waals surface area (Å²) >= 11 is 0. The van der Waals surface area contributed by atoms with Gasteiger partial charge in [0.05, 0.1) is 0 Å². The summed E-state index contributed by atoms with van der Waals surface area (Å²) in [5.74, 6) is -0.552. The van der Waals surface area contributed by atoms with Gasteiger partial charge in [-0.25, -0.2) is 4.79 Å². The van der Waals surface area contributed by atoms with E-state index in [0.29, 0.717) is 0 Å². The molecular weight excluding hydrogens is 180 g/mol. The zero-order valence-corrected chi connectivity index (χ0v) is 7.88. The summed E-state index contributed by atoms with van der Waals surface area (Å²) in [6.45, 7) is 1.38. The van der Waals surface area contributed by atoms with Crippen molar-refractivity contribution in [2.24, 2.45) is 0 Å². The third-order valence-electron chi connectivity index (χ3n) is 1.50. The van der Waals surface area contributed by atoms with Gasteiger partial charge in [0.25, 0.3) is 0 Å². The Bertz CT molecular complexity index is 315. The molecule has 0 aromatic heterocycles. The number of carbonyl (C=O) groups is 1. The van der Waals surface area contributed by atoms with Gasteiger partial charge in [0.2, 0.25) is 0 Å². The van der Waals surface area contributed by atoms with Gasteiger partial charge in [-0.3, -0.25) is 0 Å². The molecule has 1 N–H and O–H groups in total. The smallest absolute Gasteiger partial charge is 0.333 e. The molecule has 74 valence electrons. The Kier molecular flexibility index (Phi) is 3.88. The van der Waals surface area contributed by atoms with E-state index in [9.17, 15) is 4.79 Å². The Balaban J connectivity index is 2.52. The highest BCUT2D eigenvalue weighted by atomic mass is 16.6. The summed E-state index contributed by atoms with van der Waals surface area (Å²) in [6.07, 6.45) is 1.84. The number of ether oxygens (including phenoxy) is 1. The van der Waals surface area contributed by atoms with Gasteiger partial charge in [-0.05, 0) is 18.6 Å². The Labute approximate surface area is 82.6 Å². The van der Waals surface area contributed by atoms with Crippen LogP contribution in [0.4, 0.5) is 0 Å². The van der Waals surface area contributed by atoms with E-state index in [4.69, 9.17) is 5.11 Å². The summed E-state index contributed by atoms with van der Waals surface area (Å²) in [5.41, 5.74) is 0.912. The van der Waals surface area contributed by atoms with Crippen LogP contribution in [0, 0.1) is 0 Å². The number of aliphatic hydroxyl groups excluding tert-OH is 1. The minimum absolute atomic E-state index is 0.552. The number of rotatable bonds is 3. The molecule has 0 aliphatic carbocycles. The first-order valence-corrected chi connectivity index (χ1v) is 4.30. The molecule has 0 bridgehead atoms. The molecule has 0 saturated carbocycles. The van der Waals surface area contributed by atoms with Gasteiger partial charge in [-0.15, -0.1) is 0 Å². The zero-order valence-electron chi connectivity index (χ0n) is 7.88. The van der Waals surface area contributed by atoms with E-state index in [1.165, 1.54) is 13.0 Å². The second-order valence-electron chi connectivity index (χ2n) is 2.78. The first-order chi connectivity index (χ1) is 6.68. The van der Waals surface area contributed by atoms with Crippen molar-refractivity contribution in [2.75, 3.05) is 0 Å². The first-order valence-electron chi connectivity index (χ1n) is 4.30. The number of aliphatic hydroxyl groups is 1. The third-order valence-corrected chi connectivity index (χ3v) is 1.50. The van der Waals surface area contributed by atoms with Crippen LogP contribution in [0.1, 0.15) is 12.5 Å². The van der Waals surface area contributed by atoms with Crippen LogP contribution in [-0.4, -0.2) is 17.4 Å². The lowest BCUT2D eigenvalue weighted by molar-refractivity contribution is -0.158. The van der Waals surface area contributed by atoms with E-state index in [2.05, 4.69) is 4.74 Å². The first kappa shape index (κ1) is 10.5. The molecule has 0 saturated heterocycles. The number of esters is 1. The van der Waals surface area contributed by atoms with E-state index >= 15 is 0 Å². The molecule has 0 fully saturated rings. The predicted octanol–water partition coefficient (Wildman–Crippen LogP) is 1.58. The van der Waals surface area contributed by atoms with Crippen molar-refractivity contribution >= 4 is 12.0 Å². The maximum Gasteiger partial charge on any atom is 0.333 e. The van der Waals surface area contributed by atoms with Crippen molar-refractivity contribution in [3.8, 4) is 0 Å². The molecule has 1 rings (SSSR count). The van der Waals surface area contributed by atoms with Gasteiger partial charge in [0, 0.05) is 6.08 Å². The third kappa shape index (κ3) is 3.87. The average Bonchev–Trinajstić information content (AvgIpc) is 2.15. The van der Waals surface area contributed by atoms with E-state index in [1.807, 2.05) is 30.3 Å². The van der Waals surface area contributed by atoms with Crippen molar-refractivity contribution in [1.29, 1.82) is 0 Å². The van der Waals surface area contributed by atoms with Crippen LogP contribution in [0.15, 0.2) is 36.4 Å². The van der Waals surface area contributed by atoms with E-state index in [0.717, 1.165) is 5.56 Å². The second-order valence-corrected chi connectivity index (χ2v) is 2.78. The number of hydrogen-bond acceptors (Lipinski definition) is 3. The van der Waals surface area contributed by atoms with E-state index in [1.54, 1.807) is 6.08 Å². The monoisotopic (exact) mass is 192 g/mol. The van der Waals surface area contributed by atoms with Crippen molar-refractivity contribution < 1.29 is 14.6 Å². The van der Waals surface area contributed by atoms with Gasteiger partial charge >= 0.3 is 5.97 Å². The summed E-state index contributed by atoms with van der Waals surface area (Å²) in [4.78, 5) is 11.0. The molecule has 0 radical (unpaired) electrons. The van der Waals surface area contributed by atoms with E-state index in [-0.39, 0.29) is 0 Å². The van der Waals surface area contributed by atoms with Crippen molar-refractivity contribution in [2.45, 2.75) is 13.2 Å². The molecule has 1 atom stereocenters. The zero-order chi connectivity index (χ0) is 10.4. The lowest BCUT2D eigenvalue weighted by Crippen LogP contribution is -2.11. The van der Waals surface area contributed by atoms with Gasteiger partial charge in [-0.1, -0.05) is 30.3 Å². The molecule has 0 aliphatic rings. The molecule has 3 heteroatoms. The Morgan fingerprint density at radius 3 is 2.64 bits per heavy atom. The van der Waals surface area contributed by atoms with Gasteiger partial charge in [0.1, 0.15) is 0 Å². The van der Waals surface area contributed by atoms with Crippen molar-refractivity contribution in [3.63, 3.8) is 0 Å². The molecule has 14 heavy (non-hydrogen) atoms. The highest BCUT2D eigenvalue weighted by Crippen LogP contribution is 2.01.